The first kappa shape index (κ1) is 25.5. The second-order valence-corrected chi connectivity index (χ2v) is 8.51. The molecule has 0 radical (unpaired) electrons. The number of thioether (sulfide) groups is 1. The van der Waals surface area contributed by atoms with E-state index in [0.29, 0.717) is 6.54 Å². The number of nitrogens with one attached hydrogen (secondary N) is 3. The summed E-state index contributed by atoms with van der Waals surface area (Å²) in [4.78, 5) is 4.58. The minimum Gasteiger partial charge on any atom is -0.357 e. The topological polar surface area (TPSA) is 82.6 Å². The molecule has 0 atom stereocenters. The molecule has 0 spiro atoms. The van der Waals surface area contributed by atoms with E-state index in [1.54, 1.807) is 0 Å². The third-order valence-electron chi connectivity index (χ3n) is 3.52. The van der Waals surface area contributed by atoms with Crippen molar-refractivity contribution in [3.05, 3.63) is 35.4 Å². The molecule has 150 valence electrons. The summed E-state index contributed by atoms with van der Waals surface area (Å²) in [5.74, 6) is 1.99. The number of sulfonamides is 1. The van der Waals surface area contributed by atoms with Gasteiger partial charge in [-0.05, 0) is 49.9 Å². The molecule has 3 N–H and O–H groups in total. The van der Waals surface area contributed by atoms with Crippen molar-refractivity contribution in [2.75, 3.05) is 32.1 Å². The first-order chi connectivity index (χ1) is 12.0. The number of hydrogen-bond acceptors (Lipinski definition) is 4. The van der Waals surface area contributed by atoms with Gasteiger partial charge in [0.05, 0.1) is 12.3 Å². The summed E-state index contributed by atoms with van der Waals surface area (Å²) in [6.45, 7) is 4.33. The Morgan fingerprint density at radius 2 is 1.77 bits per heavy atom. The first-order valence-corrected chi connectivity index (χ1v) is 11.6. The number of guanidine groups is 1. The summed E-state index contributed by atoms with van der Waals surface area (Å²) >= 11 is 1.87. The van der Waals surface area contributed by atoms with E-state index < -0.39 is 10.0 Å². The van der Waals surface area contributed by atoms with Crippen molar-refractivity contribution in [2.45, 2.75) is 32.1 Å². The average molecular weight is 514 g/mol. The predicted octanol–water partition coefficient (Wildman–Crippen LogP) is 2.55. The quantitative estimate of drug-likeness (QED) is 0.183. The summed E-state index contributed by atoms with van der Waals surface area (Å²) in [6, 6.07) is 7.52. The van der Waals surface area contributed by atoms with E-state index in [9.17, 15) is 8.42 Å². The van der Waals surface area contributed by atoms with Crippen LogP contribution in [0.4, 0.5) is 0 Å². The molecule has 26 heavy (non-hydrogen) atoms. The molecule has 0 aliphatic rings. The van der Waals surface area contributed by atoms with Gasteiger partial charge in [0.15, 0.2) is 5.96 Å². The molecule has 0 amide bonds. The third-order valence-corrected chi connectivity index (χ3v) is 5.55. The molecule has 0 aromatic heterocycles. The van der Waals surface area contributed by atoms with Gasteiger partial charge in [0.25, 0.3) is 0 Å². The van der Waals surface area contributed by atoms with E-state index in [0.717, 1.165) is 36.6 Å². The van der Waals surface area contributed by atoms with E-state index in [2.05, 4.69) is 26.6 Å². The van der Waals surface area contributed by atoms with Crippen molar-refractivity contribution in [3.8, 4) is 0 Å². The number of unbranched alkanes of at least 4 members (excludes halogenated alkanes) is 1. The smallest absolute Gasteiger partial charge is 0.215 e. The van der Waals surface area contributed by atoms with Crippen LogP contribution in [0.25, 0.3) is 0 Å². The van der Waals surface area contributed by atoms with Crippen LogP contribution in [0.1, 0.15) is 30.9 Å². The lowest BCUT2D eigenvalue weighted by Crippen LogP contribution is -2.37. The SMILES string of the molecule is CCNC(=NCc1ccc(CS(=O)(=O)NC)cc1)NCCCCSC.I. The third kappa shape index (κ3) is 11.2. The van der Waals surface area contributed by atoms with E-state index >= 15 is 0 Å². The molecule has 0 aliphatic carbocycles. The predicted molar refractivity (Wildman–Crippen MR) is 124 cm³/mol. The molecular formula is C17H31IN4O2S2. The highest BCUT2D eigenvalue weighted by Gasteiger charge is 2.08. The van der Waals surface area contributed by atoms with Crippen molar-refractivity contribution in [1.29, 1.82) is 0 Å². The monoisotopic (exact) mass is 514 g/mol. The Bertz CT molecular complexity index is 622. The molecule has 0 heterocycles. The Kier molecular flexibility index (Phi) is 14.2. The van der Waals surface area contributed by atoms with Gasteiger partial charge in [0.2, 0.25) is 10.0 Å². The molecule has 0 aliphatic heterocycles. The van der Waals surface area contributed by atoms with Gasteiger partial charge in [0.1, 0.15) is 0 Å². The molecule has 1 aromatic carbocycles. The molecular weight excluding hydrogens is 483 g/mol. The number of benzene rings is 1. The fourth-order valence-electron chi connectivity index (χ4n) is 2.12. The lowest BCUT2D eigenvalue weighted by Gasteiger charge is -2.11. The number of nitrogens with zero attached hydrogens (tertiary/aromatic N) is 1. The fourth-order valence-corrected chi connectivity index (χ4v) is 3.39. The van der Waals surface area contributed by atoms with Gasteiger partial charge < -0.3 is 10.6 Å². The maximum Gasteiger partial charge on any atom is 0.215 e. The van der Waals surface area contributed by atoms with Crippen LogP contribution in [0.5, 0.6) is 0 Å². The van der Waals surface area contributed by atoms with Crippen LogP contribution in [-0.2, 0) is 22.3 Å². The molecule has 0 saturated carbocycles. The zero-order valence-corrected chi connectivity index (χ0v) is 19.7. The second kappa shape index (κ2) is 14.5. The van der Waals surface area contributed by atoms with Gasteiger partial charge in [-0.15, -0.1) is 24.0 Å². The minimum atomic E-state index is -3.23. The Balaban J connectivity index is 0.00000625. The molecule has 1 aromatic rings. The number of rotatable bonds is 11. The summed E-state index contributed by atoms with van der Waals surface area (Å²) in [5.41, 5.74) is 1.81. The standard InChI is InChI=1S/C17H30N4O2S2.HI/c1-4-19-17(20-11-5-6-12-24-3)21-13-15-7-9-16(10-8-15)14-25(22,23)18-2;/h7-10,18H,4-6,11-14H2,1-3H3,(H2,19,20,21);1H. The molecule has 0 bridgehead atoms. The molecule has 0 fully saturated rings. The van der Waals surface area contributed by atoms with Crippen molar-refractivity contribution in [3.63, 3.8) is 0 Å². The van der Waals surface area contributed by atoms with Crippen molar-refractivity contribution < 1.29 is 8.42 Å². The maximum absolute atomic E-state index is 11.6. The second-order valence-electron chi connectivity index (χ2n) is 5.60. The van der Waals surface area contributed by atoms with Crippen molar-refractivity contribution in [2.24, 2.45) is 4.99 Å². The van der Waals surface area contributed by atoms with Crippen LogP contribution >= 0.6 is 35.7 Å². The Morgan fingerprint density at radius 3 is 2.35 bits per heavy atom. The Morgan fingerprint density at radius 1 is 1.12 bits per heavy atom. The Hall–Kier alpha value is -0.520. The highest BCUT2D eigenvalue weighted by molar-refractivity contribution is 14.0. The summed E-state index contributed by atoms with van der Waals surface area (Å²) in [5, 5.41) is 6.58. The highest BCUT2D eigenvalue weighted by atomic mass is 127. The summed E-state index contributed by atoms with van der Waals surface area (Å²) in [6.07, 6.45) is 4.45. The average Bonchev–Trinajstić information content (AvgIpc) is 2.60. The lowest BCUT2D eigenvalue weighted by molar-refractivity contribution is 0.587. The van der Waals surface area contributed by atoms with Gasteiger partial charge in [-0.3, -0.25) is 0 Å². The summed E-state index contributed by atoms with van der Waals surface area (Å²) < 4.78 is 25.4. The van der Waals surface area contributed by atoms with Gasteiger partial charge >= 0.3 is 0 Å². The van der Waals surface area contributed by atoms with Gasteiger partial charge in [-0.2, -0.15) is 11.8 Å². The number of halogens is 1. The van der Waals surface area contributed by atoms with E-state index in [-0.39, 0.29) is 29.7 Å². The largest absolute Gasteiger partial charge is 0.357 e. The fraction of sp³-hybridized carbons (Fsp3) is 0.588. The van der Waals surface area contributed by atoms with Crippen molar-refractivity contribution in [1.82, 2.24) is 15.4 Å². The minimum absolute atomic E-state index is 0. The van der Waals surface area contributed by atoms with Gasteiger partial charge in [-0.1, -0.05) is 24.3 Å². The zero-order valence-electron chi connectivity index (χ0n) is 15.7. The van der Waals surface area contributed by atoms with Crippen LogP contribution in [0.2, 0.25) is 0 Å². The normalized spacial score (nSPS) is 11.7. The summed E-state index contributed by atoms with van der Waals surface area (Å²) in [7, 11) is -1.81. The van der Waals surface area contributed by atoms with E-state index in [4.69, 9.17) is 0 Å². The van der Waals surface area contributed by atoms with E-state index in [1.165, 1.54) is 19.2 Å². The van der Waals surface area contributed by atoms with E-state index in [1.807, 2.05) is 43.0 Å². The molecule has 9 heteroatoms. The van der Waals surface area contributed by atoms with Gasteiger partial charge in [0, 0.05) is 13.1 Å². The lowest BCUT2D eigenvalue weighted by atomic mass is 10.1. The number of hydrogen-bond donors (Lipinski definition) is 3. The molecule has 1 rings (SSSR count). The van der Waals surface area contributed by atoms with Crippen LogP contribution < -0.4 is 15.4 Å². The van der Waals surface area contributed by atoms with Crippen LogP contribution in [0.15, 0.2) is 29.3 Å². The molecule has 6 nitrogen and oxygen atoms in total. The molecule has 0 unspecified atom stereocenters. The molecule has 0 saturated heterocycles. The maximum atomic E-state index is 11.6. The van der Waals surface area contributed by atoms with Crippen LogP contribution in [-0.4, -0.2) is 46.5 Å². The van der Waals surface area contributed by atoms with Crippen LogP contribution in [0.3, 0.4) is 0 Å². The van der Waals surface area contributed by atoms with Gasteiger partial charge in [-0.25, -0.2) is 18.1 Å². The first-order valence-electron chi connectivity index (χ1n) is 8.51. The zero-order chi connectivity index (χ0) is 18.5. The van der Waals surface area contributed by atoms with Crippen LogP contribution in [0, 0.1) is 0 Å². The highest BCUT2D eigenvalue weighted by Crippen LogP contribution is 2.08. The Labute approximate surface area is 179 Å². The van der Waals surface area contributed by atoms with Crippen molar-refractivity contribution >= 4 is 51.7 Å². The number of aliphatic imine (C=N–C) groups is 1.